The fraction of sp³-hybridized carbons (Fsp3) is 0.0769. The Morgan fingerprint density at radius 2 is 1.70 bits per heavy atom. The standard InChI is InChI=1S/C13H7F4NO2/c14-12-9(11(19)13(15,16)17)6-7-10(18-12)20-8-4-2-1-3-5-8/h1-7H. The molecular formula is C13H7F4NO2. The Balaban J connectivity index is 2.24. The van der Waals surface area contributed by atoms with Crippen LogP contribution in [0.25, 0.3) is 0 Å². The van der Waals surface area contributed by atoms with Gasteiger partial charge in [0.2, 0.25) is 11.8 Å². The summed E-state index contributed by atoms with van der Waals surface area (Å²) in [4.78, 5) is 14.1. The van der Waals surface area contributed by atoms with Crippen LogP contribution in [-0.4, -0.2) is 16.9 Å². The monoisotopic (exact) mass is 285 g/mol. The number of Topliss-reactive ketones (excluding diaryl/α,β-unsaturated/α-hetero) is 1. The van der Waals surface area contributed by atoms with E-state index in [-0.39, 0.29) is 5.88 Å². The lowest BCUT2D eigenvalue weighted by Crippen LogP contribution is -2.24. The smallest absolute Gasteiger partial charge is 0.439 e. The fourth-order valence-electron chi connectivity index (χ4n) is 1.41. The van der Waals surface area contributed by atoms with Crippen molar-refractivity contribution in [1.82, 2.24) is 4.98 Å². The van der Waals surface area contributed by atoms with E-state index in [9.17, 15) is 22.4 Å². The molecule has 0 radical (unpaired) electrons. The largest absolute Gasteiger partial charge is 0.455 e. The maximum atomic E-state index is 13.4. The van der Waals surface area contributed by atoms with Crippen LogP contribution >= 0.6 is 0 Å². The van der Waals surface area contributed by atoms with Crippen LogP contribution in [0.3, 0.4) is 0 Å². The van der Waals surface area contributed by atoms with Gasteiger partial charge in [-0.25, -0.2) is 0 Å². The molecule has 0 saturated heterocycles. The molecule has 20 heavy (non-hydrogen) atoms. The van der Waals surface area contributed by atoms with Crippen LogP contribution in [0.1, 0.15) is 10.4 Å². The molecule has 0 aliphatic rings. The molecule has 104 valence electrons. The molecule has 0 atom stereocenters. The third-order valence-corrected chi connectivity index (χ3v) is 2.29. The molecule has 3 nitrogen and oxygen atoms in total. The Hall–Kier alpha value is -2.44. The van der Waals surface area contributed by atoms with E-state index in [1.54, 1.807) is 30.3 Å². The van der Waals surface area contributed by atoms with E-state index < -0.39 is 23.5 Å². The number of nitrogens with zero attached hydrogens (tertiary/aromatic N) is 1. The number of hydrogen-bond acceptors (Lipinski definition) is 3. The summed E-state index contributed by atoms with van der Waals surface area (Å²) >= 11 is 0. The van der Waals surface area contributed by atoms with Crippen LogP contribution in [0.4, 0.5) is 17.6 Å². The van der Waals surface area contributed by atoms with Crippen LogP contribution in [0.2, 0.25) is 0 Å². The Morgan fingerprint density at radius 3 is 2.25 bits per heavy atom. The zero-order chi connectivity index (χ0) is 14.8. The van der Waals surface area contributed by atoms with Crippen LogP contribution < -0.4 is 4.74 Å². The van der Waals surface area contributed by atoms with Crippen LogP contribution in [-0.2, 0) is 0 Å². The Labute approximate surface area is 110 Å². The van der Waals surface area contributed by atoms with Crippen molar-refractivity contribution in [2.45, 2.75) is 6.18 Å². The second-order valence-electron chi connectivity index (χ2n) is 3.73. The maximum absolute atomic E-state index is 13.4. The maximum Gasteiger partial charge on any atom is 0.455 e. The summed E-state index contributed by atoms with van der Waals surface area (Å²) in [6, 6.07) is 9.86. The van der Waals surface area contributed by atoms with Crippen molar-refractivity contribution >= 4 is 5.78 Å². The molecule has 1 aromatic carbocycles. The number of rotatable bonds is 3. The van der Waals surface area contributed by atoms with Gasteiger partial charge in [0.25, 0.3) is 5.78 Å². The summed E-state index contributed by atoms with van der Waals surface area (Å²) in [6.45, 7) is 0. The number of benzene rings is 1. The second kappa shape index (κ2) is 5.28. The van der Waals surface area contributed by atoms with Gasteiger partial charge in [0.1, 0.15) is 5.75 Å². The van der Waals surface area contributed by atoms with E-state index in [0.717, 1.165) is 6.07 Å². The van der Waals surface area contributed by atoms with E-state index in [1.807, 2.05) is 0 Å². The van der Waals surface area contributed by atoms with Crippen LogP contribution in [0.5, 0.6) is 11.6 Å². The highest BCUT2D eigenvalue weighted by atomic mass is 19.4. The first-order chi connectivity index (χ1) is 9.38. The van der Waals surface area contributed by atoms with Gasteiger partial charge in [0, 0.05) is 6.07 Å². The third kappa shape index (κ3) is 3.11. The van der Waals surface area contributed by atoms with Crippen molar-refractivity contribution < 1.29 is 27.1 Å². The van der Waals surface area contributed by atoms with Gasteiger partial charge < -0.3 is 4.74 Å². The molecule has 0 fully saturated rings. The second-order valence-corrected chi connectivity index (χ2v) is 3.73. The SMILES string of the molecule is O=C(c1ccc(Oc2ccccc2)nc1F)C(F)(F)F. The molecule has 0 spiro atoms. The minimum Gasteiger partial charge on any atom is -0.439 e. The van der Waals surface area contributed by atoms with Crippen molar-refractivity contribution in [2.75, 3.05) is 0 Å². The van der Waals surface area contributed by atoms with Crippen molar-refractivity contribution in [3.05, 3.63) is 54.0 Å². The topological polar surface area (TPSA) is 39.2 Å². The van der Waals surface area contributed by atoms with E-state index in [4.69, 9.17) is 4.74 Å². The van der Waals surface area contributed by atoms with Gasteiger partial charge in [-0.2, -0.15) is 22.5 Å². The minimum atomic E-state index is -5.15. The number of para-hydroxylation sites is 1. The van der Waals surface area contributed by atoms with Gasteiger partial charge in [-0.05, 0) is 18.2 Å². The first-order valence-corrected chi connectivity index (χ1v) is 5.39. The van der Waals surface area contributed by atoms with Gasteiger partial charge in [0.15, 0.2) is 0 Å². The molecule has 1 aromatic heterocycles. The van der Waals surface area contributed by atoms with Crippen LogP contribution in [0.15, 0.2) is 42.5 Å². The molecule has 2 rings (SSSR count). The molecule has 0 aliphatic heterocycles. The fourth-order valence-corrected chi connectivity index (χ4v) is 1.41. The lowest BCUT2D eigenvalue weighted by molar-refractivity contribution is -0.0888. The van der Waals surface area contributed by atoms with Crippen LogP contribution in [0, 0.1) is 5.95 Å². The molecule has 0 bridgehead atoms. The number of pyridine rings is 1. The van der Waals surface area contributed by atoms with Gasteiger partial charge in [-0.15, -0.1) is 0 Å². The molecule has 0 amide bonds. The van der Waals surface area contributed by atoms with Crippen molar-refractivity contribution in [1.29, 1.82) is 0 Å². The molecule has 0 aliphatic carbocycles. The summed E-state index contributed by atoms with van der Waals surface area (Å²) in [5, 5.41) is 0. The van der Waals surface area contributed by atoms with Crippen molar-refractivity contribution in [3.63, 3.8) is 0 Å². The zero-order valence-electron chi connectivity index (χ0n) is 9.82. The van der Waals surface area contributed by atoms with E-state index in [0.29, 0.717) is 11.8 Å². The first-order valence-electron chi connectivity index (χ1n) is 5.39. The van der Waals surface area contributed by atoms with Gasteiger partial charge in [0.05, 0.1) is 5.56 Å². The average Bonchev–Trinajstić information content (AvgIpc) is 2.38. The highest BCUT2D eigenvalue weighted by molar-refractivity contribution is 6.00. The summed E-state index contributed by atoms with van der Waals surface area (Å²) in [7, 11) is 0. The highest BCUT2D eigenvalue weighted by Crippen LogP contribution is 2.25. The number of ether oxygens (including phenoxy) is 1. The first kappa shape index (κ1) is 14.0. The summed E-state index contributed by atoms with van der Waals surface area (Å²) in [5.41, 5.74) is -1.14. The number of aromatic nitrogens is 1. The predicted molar refractivity (Wildman–Crippen MR) is 61.1 cm³/mol. The minimum absolute atomic E-state index is 0.243. The number of carbonyl (C=O) groups excluding carboxylic acids is 1. The lowest BCUT2D eigenvalue weighted by Gasteiger charge is -2.08. The van der Waals surface area contributed by atoms with Gasteiger partial charge >= 0.3 is 6.18 Å². The molecule has 1 heterocycles. The number of halogens is 4. The number of alkyl halides is 3. The Morgan fingerprint density at radius 1 is 1.05 bits per heavy atom. The molecular weight excluding hydrogens is 278 g/mol. The highest BCUT2D eigenvalue weighted by Gasteiger charge is 2.41. The Bertz CT molecular complexity index is 626. The van der Waals surface area contributed by atoms with Crippen molar-refractivity contribution in [3.8, 4) is 11.6 Å². The molecule has 0 N–H and O–H groups in total. The third-order valence-electron chi connectivity index (χ3n) is 2.29. The van der Waals surface area contributed by atoms with E-state index >= 15 is 0 Å². The normalized spacial score (nSPS) is 11.2. The van der Waals surface area contributed by atoms with E-state index in [1.165, 1.54) is 0 Å². The average molecular weight is 285 g/mol. The predicted octanol–water partition coefficient (Wildman–Crippen LogP) is 3.76. The molecule has 0 saturated carbocycles. The molecule has 0 unspecified atom stereocenters. The number of ketones is 1. The summed E-state index contributed by atoms with van der Waals surface area (Å²) in [6.07, 6.45) is -5.15. The number of hydrogen-bond donors (Lipinski definition) is 0. The van der Waals surface area contributed by atoms with Gasteiger partial charge in [-0.3, -0.25) is 4.79 Å². The van der Waals surface area contributed by atoms with Gasteiger partial charge in [-0.1, -0.05) is 18.2 Å². The quantitative estimate of drug-likeness (QED) is 0.489. The molecule has 2 aromatic rings. The number of carbonyl (C=O) groups is 1. The van der Waals surface area contributed by atoms with E-state index in [2.05, 4.69) is 4.98 Å². The summed E-state index contributed by atoms with van der Waals surface area (Å²) in [5.74, 6) is -3.71. The lowest BCUT2D eigenvalue weighted by atomic mass is 10.2. The van der Waals surface area contributed by atoms with Crippen molar-refractivity contribution in [2.24, 2.45) is 0 Å². The molecule has 7 heteroatoms. The summed E-state index contributed by atoms with van der Waals surface area (Å²) < 4.78 is 55.1. The Kier molecular flexibility index (Phi) is 3.69. The zero-order valence-corrected chi connectivity index (χ0v) is 9.82.